The number of carbonyl (C=O) groups excluding carboxylic acids is 1. The summed E-state index contributed by atoms with van der Waals surface area (Å²) in [5.41, 5.74) is 6.09. The highest BCUT2D eigenvalue weighted by molar-refractivity contribution is 6.33. The second kappa shape index (κ2) is 6.78. The summed E-state index contributed by atoms with van der Waals surface area (Å²) in [6.45, 7) is 5.26. The molecule has 1 atom stereocenters. The van der Waals surface area contributed by atoms with Crippen LogP contribution in [-0.4, -0.2) is 22.8 Å². The fourth-order valence-electron chi connectivity index (χ4n) is 1.58. The van der Waals surface area contributed by atoms with Gasteiger partial charge in [-0.25, -0.2) is 4.79 Å². The molecule has 1 unspecified atom stereocenters. The molecule has 116 valence electrons. The Morgan fingerprint density at radius 3 is 2.52 bits per heavy atom. The van der Waals surface area contributed by atoms with E-state index in [1.54, 1.807) is 32.9 Å². The molecule has 1 rings (SSSR count). The van der Waals surface area contributed by atoms with Crippen LogP contribution in [0.2, 0.25) is 5.02 Å². The van der Waals surface area contributed by atoms with E-state index in [1.807, 2.05) is 0 Å². The molecule has 4 N–H and O–H groups in total. The number of carbonyl (C=O) groups is 2. The first-order chi connectivity index (χ1) is 9.58. The number of anilines is 1. The van der Waals surface area contributed by atoms with E-state index in [9.17, 15) is 9.59 Å². The molecule has 0 aliphatic rings. The van der Waals surface area contributed by atoms with E-state index in [0.717, 1.165) is 0 Å². The predicted octanol–water partition coefficient (Wildman–Crippen LogP) is 3.16. The average molecular weight is 315 g/mol. The molecule has 0 radical (unpaired) electrons. The molecule has 1 aromatic carbocycles. The van der Waals surface area contributed by atoms with Crippen LogP contribution in [0, 0.1) is 0 Å². The van der Waals surface area contributed by atoms with Gasteiger partial charge in [0.05, 0.1) is 17.1 Å². The topological polar surface area (TPSA) is 102 Å². The standard InChI is InChI=1S/C14H19ClN2O4/c1-14(2,3)21-13(20)17-11-5-4-8(6-9(11)15)10(16)7-12(18)19/h4-6,10H,7,16H2,1-3H3,(H,17,20)(H,18,19). The predicted molar refractivity (Wildman–Crippen MR) is 80.5 cm³/mol. The maximum absolute atomic E-state index is 11.7. The van der Waals surface area contributed by atoms with Gasteiger partial charge in [0, 0.05) is 6.04 Å². The van der Waals surface area contributed by atoms with E-state index in [2.05, 4.69) is 5.32 Å². The highest BCUT2D eigenvalue weighted by Gasteiger charge is 2.18. The third-order valence-electron chi connectivity index (χ3n) is 2.45. The maximum atomic E-state index is 11.7. The van der Waals surface area contributed by atoms with Crippen molar-refractivity contribution in [2.75, 3.05) is 5.32 Å². The molecular formula is C14H19ClN2O4. The zero-order valence-electron chi connectivity index (χ0n) is 12.1. The lowest BCUT2D eigenvalue weighted by Crippen LogP contribution is -2.27. The molecule has 21 heavy (non-hydrogen) atoms. The van der Waals surface area contributed by atoms with Crippen LogP contribution in [0.4, 0.5) is 10.5 Å². The van der Waals surface area contributed by atoms with Crippen molar-refractivity contribution in [2.45, 2.75) is 38.8 Å². The van der Waals surface area contributed by atoms with Crippen molar-refractivity contribution in [3.8, 4) is 0 Å². The number of halogens is 1. The van der Waals surface area contributed by atoms with E-state index < -0.39 is 23.7 Å². The van der Waals surface area contributed by atoms with Gasteiger partial charge in [-0.15, -0.1) is 0 Å². The minimum absolute atomic E-state index is 0.199. The van der Waals surface area contributed by atoms with Crippen LogP contribution < -0.4 is 11.1 Å². The van der Waals surface area contributed by atoms with E-state index in [1.165, 1.54) is 6.07 Å². The number of carboxylic acids is 1. The summed E-state index contributed by atoms with van der Waals surface area (Å²) >= 11 is 6.05. The third-order valence-corrected chi connectivity index (χ3v) is 2.76. The monoisotopic (exact) mass is 314 g/mol. The molecule has 0 fully saturated rings. The number of carboxylic acid groups (broad SMARTS) is 1. The van der Waals surface area contributed by atoms with E-state index in [-0.39, 0.29) is 11.4 Å². The molecule has 0 aromatic heterocycles. The van der Waals surface area contributed by atoms with Crippen LogP contribution in [-0.2, 0) is 9.53 Å². The van der Waals surface area contributed by atoms with Crippen LogP contribution in [0.1, 0.15) is 38.8 Å². The smallest absolute Gasteiger partial charge is 0.412 e. The SMILES string of the molecule is CC(C)(C)OC(=O)Nc1ccc(C(N)CC(=O)O)cc1Cl. The van der Waals surface area contributed by atoms with Gasteiger partial charge in [-0.1, -0.05) is 17.7 Å². The Morgan fingerprint density at radius 1 is 1.43 bits per heavy atom. The van der Waals surface area contributed by atoms with Crippen molar-refractivity contribution in [1.82, 2.24) is 0 Å². The van der Waals surface area contributed by atoms with E-state index in [0.29, 0.717) is 11.3 Å². The number of nitrogens with two attached hydrogens (primary N) is 1. The Bertz CT molecular complexity index is 540. The van der Waals surface area contributed by atoms with Crippen LogP contribution in [0.3, 0.4) is 0 Å². The summed E-state index contributed by atoms with van der Waals surface area (Å²) in [7, 11) is 0. The van der Waals surface area contributed by atoms with Gasteiger partial charge in [-0.05, 0) is 38.5 Å². The Balaban J connectivity index is 2.79. The first kappa shape index (κ1) is 17.3. The number of ether oxygens (including phenoxy) is 1. The molecule has 0 saturated carbocycles. The summed E-state index contributed by atoms with van der Waals surface area (Å²) in [5, 5.41) is 11.5. The van der Waals surface area contributed by atoms with E-state index >= 15 is 0 Å². The molecule has 1 amide bonds. The number of hydrogen-bond donors (Lipinski definition) is 3. The number of nitrogens with one attached hydrogen (secondary N) is 1. The first-order valence-corrected chi connectivity index (χ1v) is 6.73. The van der Waals surface area contributed by atoms with Gasteiger partial charge in [0.2, 0.25) is 0 Å². The number of rotatable bonds is 4. The minimum atomic E-state index is -0.991. The molecule has 6 nitrogen and oxygen atoms in total. The second-order valence-corrected chi connectivity index (χ2v) is 5.98. The van der Waals surface area contributed by atoms with Gasteiger partial charge in [0.25, 0.3) is 0 Å². The molecular weight excluding hydrogens is 296 g/mol. The molecule has 0 aliphatic heterocycles. The summed E-state index contributed by atoms with van der Waals surface area (Å²) in [6.07, 6.45) is -0.818. The lowest BCUT2D eigenvalue weighted by molar-refractivity contribution is -0.137. The van der Waals surface area contributed by atoms with Crippen LogP contribution in [0.25, 0.3) is 0 Å². The van der Waals surface area contributed by atoms with Crippen molar-refractivity contribution < 1.29 is 19.4 Å². The molecule has 0 bridgehead atoms. The summed E-state index contributed by atoms with van der Waals surface area (Å²) in [6, 6.07) is 4.05. The molecule has 0 spiro atoms. The molecule has 7 heteroatoms. The molecule has 0 saturated heterocycles. The zero-order chi connectivity index (χ0) is 16.2. The Morgan fingerprint density at radius 2 is 2.05 bits per heavy atom. The lowest BCUT2D eigenvalue weighted by Gasteiger charge is -2.20. The molecule has 1 aromatic rings. The summed E-state index contributed by atoms with van der Waals surface area (Å²) in [4.78, 5) is 22.3. The van der Waals surface area contributed by atoms with Crippen LogP contribution >= 0.6 is 11.6 Å². The van der Waals surface area contributed by atoms with Crippen LogP contribution in [0.5, 0.6) is 0 Å². The maximum Gasteiger partial charge on any atom is 0.412 e. The lowest BCUT2D eigenvalue weighted by atomic mass is 10.0. The van der Waals surface area contributed by atoms with E-state index in [4.69, 9.17) is 27.2 Å². The Hall–Kier alpha value is -1.79. The van der Waals surface area contributed by atoms with Crippen molar-refractivity contribution in [2.24, 2.45) is 5.73 Å². The number of hydrogen-bond acceptors (Lipinski definition) is 4. The van der Waals surface area contributed by atoms with Gasteiger partial charge in [0.15, 0.2) is 0 Å². The van der Waals surface area contributed by atoms with Crippen molar-refractivity contribution in [1.29, 1.82) is 0 Å². The second-order valence-electron chi connectivity index (χ2n) is 5.57. The number of benzene rings is 1. The van der Waals surface area contributed by atoms with Gasteiger partial charge in [-0.2, -0.15) is 0 Å². The Kier molecular flexibility index (Phi) is 5.57. The van der Waals surface area contributed by atoms with Gasteiger partial charge in [0.1, 0.15) is 5.60 Å². The zero-order valence-corrected chi connectivity index (χ0v) is 12.9. The van der Waals surface area contributed by atoms with Crippen molar-refractivity contribution in [3.63, 3.8) is 0 Å². The van der Waals surface area contributed by atoms with Gasteiger partial charge >= 0.3 is 12.1 Å². The fraction of sp³-hybridized carbons (Fsp3) is 0.429. The number of aliphatic carboxylic acids is 1. The van der Waals surface area contributed by atoms with Gasteiger partial charge < -0.3 is 15.6 Å². The molecule has 0 aliphatic carbocycles. The molecule has 0 heterocycles. The minimum Gasteiger partial charge on any atom is -0.481 e. The normalized spacial score (nSPS) is 12.6. The summed E-state index contributed by atoms with van der Waals surface area (Å²) < 4.78 is 5.12. The quantitative estimate of drug-likeness (QED) is 0.792. The Labute approximate surface area is 128 Å². The number of amides is 1. The first-order valence-electron chi connectivity index (χ1n) is 6.35. The average Bonchev–Trinajstić information content (AvgIpc) is 2.28. The van der Waals surface area contributed by atoms with Crippen LogP contribution in [0.15, 0.2) is 18.2 Å². The van der Waals surface area contributed by atoms with Crippen molar-refractivity contribution >= 4 is 29.4 Å². The third kappa shape index (κ3) is 6.01. The highest BCUT2D eigenvalue weighted by Crippen LogP contribution is 2.26. The largest absolute Gasteiger partial charge is 0.481 e. The summed E-state index contributed by atoms with van der Waals surface area (Å²) in [5.74, 6) is -0.991. The van der Waals surface area contributed by atoms with Gasteiger partial charge in [-0.3, -0.25) is 10.1 Å². The van der Waals surface area contributed by atoms with Crippen molar-refractivity contribution in [3.05, 3.63) is 28.8 Å². The highest BCUT2D eigenvalue weighted by atomic mass is 35.5. The fourth-order valence-corrected chi connectivity index (χ4v) is 1.82.